The van der Waals surface area contributed by atoms with Crippen LogP contribution >= 0.6 is 0 Å². The predicted octanol–water partition coefficient (Wildman–Crippen LogP) is 1.31. The van der Waals surface area contributed by atoms with Crippen LogP contribution in [0.1, 0.15) is 39.5 Å². The molecule has 0 bridgehead atoms. The summed E-state index contributed by atoms with van der Waals surface area (Å²) < 4.78 is 0. The molecule has 0 aromatic heterocycles. The predicted molar refractivity (Wildman–Crippen MR) is 75.4 cm³/mol. The van der Waals surface area contributed by atoms with Crippen molar-refractivity contribution in [2.45, 2.75) is 39.5 Å². The van der Waals surface area contributed by atoms with E-state index in [2.05, 4.69) is 18.7 Å². The van der Waals surface area contributed by atoms with E-state index in [0.29, 0.717) is 11.8 Å². The van der Waals surface area contributed by atoms with Crippen molar-refractivity contribution in [2.75, 3.05) is 39.3 Å². The molecule has 0 saturated carbocycles. The van der Waals surface area contributed by atoms with Gasteiger partial charge in [0, 0.05) is 32.6 Å². The average molecular weight is 255 g/mol. The van der Waals surface area contributed by atoms with E-state index in [-0.39, 0.29) is 0 Å². The molecular formula is C14H29N3O. The molecule has 0 aromatic carbocycles. The molecule has 4 heteroatoms. The zero-order valence-electron chi connectivity index (χ0n) is 12.0. The molecule has 1 atom stereocenters. The van der Waals surface area contributed by atoms with Crippen molar-refractivity contribution in [3.8, 4) is 0 Å². The summed E-state index contributed by atoms with van der Waals surface area (Å²) in [6.45, 7) is 10.0. The largest absolute Gasteiger partial charge is 0.341 e. The summed E-state index contributed by atoms with van der Waals surface area (Å²) in [6, 6.07) is 0. The lowest BCUT2D eigenvalue weighted by molar-refractivity contribution is -0.131. The number of amides is 1. The average Bonchev–Trinajstić information content (AvgIpc) is 2.61. The maximum Gasteiger partial charge on any atom is 0.222 e. The minimum absolute atomic E-state index is 0.338. The lowest BCUT2D eigenvalue weighted by Gasteiger charge is -2.24. The zero-order chi connectivity index (χ0) is 13.4. The number of rotatable bonds is 6. The molecule has 1 saturated heterocycles. The Bertz CT molecular complexity index is 245. The molecule has 1 aliphatic rings. The van der Waals surface area contributed by atoms with E-state index < -0.39 is 0 Å². The van der Waals surface area contributed by atoms with Gasteiger partial charge in [0.15, 0.2) is 0 Å². The summed E-state index contributed by atoms with van der Waals surface area (Å²) in [5.74, 6) is 0.887. The van der Waals surface area contributed by atoms with Crippen LogP contribution in [0.2, 0.25) is 0 Å². The molecule has 1 fully saturated rings. The van der Waals surface area contributed by atoms with Gasteiger partial charge < -0.3 is 15.5 Å². The molecule has 106 valence electrons. The van der Waals surface area contributed by atoms with E-state index in [1.807, 2.05) is 4.90 Å². The molecule has 0 aromatic rings. The summed E-state index contributed by atoms with van der Waals surface area (Å²) in [6.07, 6.45) is 3.92. The second-order valence-electron chi connectivity index (χ2n) is 5.48. The van der Waals surface area contributed by atoms with Crippen LogP contribution in [-0.2, 0) is 4.79 Å². The molecule has 0 spiro atoms. The van der Waals surface area contributed by atoms with Gasteiger partial charge in [-0.1, -0.05) is 20.3 Å². The third-order valence-corrected chi connectivity index (χ3v) is 3.66. The number of nitrogens with two attached hydrogens (primary N) is 1. The highest BCUT2D eigenvalue weighted by Gasteiger charge is 2.19. The SMILES string of the molecule is CCCCC(=O)N1CCCN(CC(C)CN)CC1. The van der Waals surface area contributed by atoms with Gasteiger partial charge in [0.2, 0.25) is 5.91 Å². The summed E-state index contributed by atoms with van der Waals surface area (Å²) in [7, 11) is 0. The number of hydrogen-bond donors (Lipinski definition) is 1. The van der Waals surface area contributed by atoms with Gasteiger partial charge in [-0.25, -0.2) is 0 Å². The number of carbonyl (C=O) groups excluding carboxylic acids is 1. The first-order valence-electron chi connectivity index (χ1n) is 7.37. The highest BCUT2D eigenvalue weighted by atomic mass is 16.2. The van der Waals surface area contributed by atoms with Crippen molar-refractivity contribution in [1.29, 1.82) is 0 Å². The minimum Gasteiger partial charge on any atom is -0.341 e. The standard InChI is InChI=1S/C14H29N3O/c1-3-4-6-14(18)17-8-5-7-16(9-10-17)12-13(2)11-15/h13H,3-12,15H2,1-2H3. The molecular weight excluding hydrogens is 226 g/mol. The van der Waals surface area contributed by atoms with Gasteiger partial charge >= 0.3 is 0 Å². The van der Waals surface area contributed by atoms with Gasteiger partial charge in [-0.3, -0.25) is 4.79 Å². The van der Waals surface area contributed by atoms with Gasteiger partial charge in [0.25, 0.3) is 0 Å². The van der Waals surface area contributed by atoms with Gasteiger partial charge in [-0.05, 0) is 31.8 Å². The normalized spacial score (nSPS) is 19.6. The zero-order valence-corrected chi connectivity index (χ0v) is 12.0. The van der Waals surface area contributed by atoms with E-state index in [1.165, 1.54) is 0 Å². The van der Waals surface area contributed by atoms with E-state index in [1.54, 1.807) is 0 Å². The summed E-state index contributed by atoms with van der Waals surface area (Å²) in [5, 5.41) is 0. The van der Waals surface area contributed by atoms with Crippen molar-refractivity contribution in [1.82, 2.24) is 9.80 Å². The highest BCUT2D eigenvalue weighted by Crippen LogP contribution is 2.08. The monoisotopic (exact) mass is 255 g/mol. The molecule has 1 unspecified atom stereocenters. The minimum atomic E-state index is 0.338. The second-order valence-corrected chi connectivity index (χ2v) is 5.48. The van der Waals surface area contributed by atoms with Crippen LogP contribution in [0.3, 0.4) is 0 Å². The molecule has 18 heavy (non-hydrogen) atoms. The van der Waals surface area contributed by atoms with Crippen molar-refractivity contribution < 1.29 is 4.79 Å². The van der Waals surface area contributed by atoms with Gasteiger partial charge in [0.05, 0.1) is 0 Å². The molecule has 0 radical (unpaired) electrons. The summed E-state index contributed by atoms with van der Waals surface area (Å²) in [4.78, 5) is 16.5. The lowest BCUT2D eigenvalue weighted by Crippen LogP contribution is -2.37. The van der Waals surface area contributed by atoms with Crippen LogP contribution in [0.25, 0.3) is 0 Å². The second kappa shape index (κ2) is 8.48. The Morgan fingerprint density at radius 1 is 1.28 bits per heavy atom. The van der Waals surface area contributed by atoms with Crippen LogP contribution in [0, 0.1) is 5.92 Å². The molecule has 0 aliphatic carbocycles. The fourth-order valence-electron chi connectivity index (χ4n) is 2.40. The first kappa shape index (κ1) is 15.4. The maximum atomic E-state index is 12.0. The Morgan fingerprint density at radius 2 is 2.06 bits per heavy atom. The Balaban J connectivity index is 2.33. The van der Waals surface area contributed by atoms with Gasteiger partial charge in [-0.2, -0.15) is 0 Å². The van der Waals surface area contributed by atoms with E-state index >= 15 is 0 Å². The number of nitrogens with zero attached hydrogens (tertiary/aromatic N) is 2. The van der Waals surface area contributed by atoms with Crippen LogP contribution in [0.15, 0.2) is 0 Å². The third kappa shape index (κ3) is 5.36. The maximum absolute atomic E-state index is 12.0. The molecule has 1 aliphatic heterocycles. The van der Waals surface area contributed by atoms with Crippen LogP contribution in [0.5, 0.6) is 0 Å². The first-order valence-corrected chi connectivity index (χ1v) is 7.37. The first-order chi connectivity index (χ1) is 8.67. The lowest BCUT2D eigenvalue weighted by atomic mass is 10.1. The van der Waals surface area contributed by atoms with E-state index in [4.69, 9.17) is 5.73 Å². The summed E-state index contributed by atoms with van der Waals surface area (Å²) in [5.41, 5.74) is 5.67. The number of unbranched alkanes of at least 4 members (excludes halogenated alkanes) is 1. The van der Waals surface area contributed by atoms with Crippen molar-refractivity contribution in [2.24, 2.45) is 11.7 Å². The van der Waals surface area contributed by atoms with Crippen molar-refractivity contribution >= 4 is 5.91 Å². The van der Waals surface area contributed by atoms with Crippen LogP contribution in [0.4, 0.5) is 0 Å². The molecule has 4 nitrogen and oxygen atoms in total. The van der Waals surface area contributed by atoms with E-state index in [0.717, 1.165) is 65.0 Å². The Labute approximate surface area is 111 Å². The fraction of sp³-hybridized carbons (Fsp3) is 0.929. The summed E-state index contributed by atoms with van der Waals surface area (Å²) >= 11 is 0. The molecule has 2 N–H and O–H groups in total. The fourth-order valence-corrected chi connectivity index (χ4v) is 2.40. The smallest absolute Gasteiger partial charge is 0.222 e. The Kier molecular flexibility index (Phi) is 7.28. The molecule has 1 rings (SSSR count). The van der Waals surface area contributed by atoms with Crippen molar-refractivity contribution in [3.63, 3.8) is 0 Å². The topological polar surface area (TPSA) is 49.6 Å². The quantitative estimate of drug-likeness (QED) is 0.778. The van der Waals surface area contributed by atoms with Crippen LogP contribution < -0.4 is 5.73 Å². The van der Waals surface area contributed by atoms with Crippen molar-refractivity contribution in [3.05, 3.63) is 0 Å². The Hall–Kier alpha value is -0.610. The number of carbonyl (C=O) groups is 1. The Morgan fingerprint density at radius 3 is 2.72 bits per heavy atom. The van der Waals surface area contributed by atoms with Crippen LogP contribution in [-0.4, -0.2) is 55.0 Å². The molecule has 1 heterocycles. The third-order valence-electron chi connectivity index (χ3n) is 3.66. The van der Waals surface area contributed by atoms with Gasteiger partial charge in [0.1, 0.15) is 0 Å². The van der Waals surface area contributed by atoms with Gasteiger partial charge in [-0.15, -0.1) is 0 Å². The highest BCUT2D eigenvalue weighted by molar-refractivity contribution is 5.76. The molecule has 1 amide bonds. The van der Waals surface area contributed by atoms with E-state index in [9.17, 15) is 4.79 Å². The number of hydrogen-bond acceptors (Lipinski definition) is 3.